The molecule has 2 unspecified atom stereocenters. The zero-order valence-corrected chi connectivity index (χ0v) is 37.5. The van der Waals surface area contributed by atoms with E-state index in [1.54, 1.807) is 22.5 Å². The van der Waals surface area contributed by atoms with Crippen molar-refractivity contribution >= 4 is 63.3 Å². The maximum absolute atomic E-state index is 14.4. The predicted molar refractivity (Wildman–Crippen MR) is 245 cm³/mol. The summed E-state index contributed by atoms with van der Waals surface area (Å²) in [5.74, 6) is -2.60. The number of hydrogen-bond acceptors (Lipinski definition) is 12. The van der Waals surface area contributed by atoms with Crippen LogP contribution in [0.4, 0.5) is 20.9 Å². The highest BCUT2D eigenvalue weighted by atomic mass is 32.1. The smallest absolute Gasteiger partial charge is 0.255 e. The van der Waals surface area contributed by atoms with Gasteiger partial charge in [-0.15, -0.1) is 11.3 Å². The van der Waals surface area contributed by atoms with Gasteiger partial charge in [0.2, 0.25) is 17.7 Å². The number of halogens is 1. The Morgan fingerprint density at radius 2 is 1.68 bits per heavy atom. The van der Waals surface area contributed by atoms with Crippen LogP contribution < -0.4 is 20.9 Å². The zero-order chi connectivity index (χ0) is 45.9. The Hall–Kier alpha value is -6.40. The van der Waals surface area contributed by atoms with Crippen LogP contribution in [0.25, 0.3) is 0 Å². The molecule has 1 aromatic heterocycles. The van der Waals surface area contributed by atoms with Crippen molar-refractivity contribution in [3.05, 3.63) is 99.8 Å². The number of phenols is 1. The molecule has 4 N–H and O–H groups in total. The van der Waals surface area contributed by atoms with Crippen molar-refractivity contribution in [2.45, 2.75) is 89.0 Å². The van der Waals surface area contributed by atoms with E-state index < -0.39 is 29.7 Å². The maximum Gasteiger partial charge on any atom is 0.255 e. The van der Waals surface area contributed by atoms with Gasteiger partial charge in [-0.1, -0.05) is 25.0 Å². The molecule has 4 aromatic rings. The molecule has 0 saturated carbocycles. The van der Waals surface area contributed by atoms with Crippen molar-refractivity contribution in [2.75, 3.05) is 61.3 Å². The van der Waals surface area contributed by atoms with E-state index in [0.717, 1.165) is 106 Å². The Bertz CT molecular complexity index is 2510. The number of imide groups is 1. The van der Waals surface area contributed by atoms with Gasteiger partial charge < -0.3 is 30.0 Å². The number of aromatic nitrogens is 1. The van der Waals surface area contributed by atoms with Crippen molar-refractivity contribution in [3.8, 4) is 5.75 Å². The minimum absolute atomic E-state index is 0.00670. The Kier molecular flexibility index (Phi) is 13.3. The van der Waals surface area contributed by atoms with E-state index in [0.29, 0.717) is 54.8 Å². The summed E-state index contributed by atoms with van der Waals surface area (Å²) in [5, 5.41) is 21.3. The third kappa shape index (κ3) is 9.47. The van der Waals surface area contributed by atoms with Crippen molar-refractivity contribution in [1.29, 1.82) is 0 Å². The van der Waals surface area contributed by atoms with Gasteiger partial charge in [0.15, 0.2) is 5.13 Å². The number of amides is 6. The minimum Gasteiger partial charge on any atom is -0.508 e. The van der Waals surface area contributed by atoms with Crippen LogP contribution in [0.1, 0.15) is 101 Å². The van der Waals surface area contributed by atoms with Crippen molar-refractivity contribution in [2.24, 2.45) is 0 Å². The molecule has 346 valence electrons. The molecule has 0 bridgehead atoms. The van der Waals surface area contributed by atoms with Crippen LogP contribution in [0.3, 0.4) is 0 Å². The lowest BCUT2D eigenvalue weighted by molar-refractivity contribution is -0.137. The van der Waals surface area contributed by atoms with Crippen molar-refractivity contribution in [3.63, 3.8) is 0 Å². The number of benzene rings is 3. The standard InChI is InChI=1S/C48H54FN9O7S/c49-31-10-13-40(59)36(26-31)43(45(63)53-48-51-18-25-66-48)58-28-30-9-11-33(27-35(30)47(58)65)54-19-15-32(16-20-54)55-21-23-56(24-22-55)42(61)8-3-1-2-4-17-50-38-7-5-6-34-37(38)29-57(46(34)64)39-12-14-41(60)52-44(39)62/h5-7,9-11,13,18,25-27,32,39,43,50,59H,1-4,8,12,14-17,19-24,28-29H2,(H,51,53,63)(H,52,60,62). The molecule has 9 rings (SSSR count). The summed E-state index contributed by atoms with van der Waals surface area (Å²) in [6, 6.07) is 13.2. The van der Waals surface area contributed by atoms with E-state index in [-0.39, 0.29) is 47.9 Å². The fourth-order valence-electron chi connectivity index (χ4n) is 10.1. The van der Waals surface area contributed by atoms with Crippen LogP contribution in [-0.2, 0) is 32.3 Å². The van der Waals surface area contributed by atoms with E-state index in [4.69, 9.17) is 0 Å². The summed E-state index contributed by atoms with van der Waals surface area (Å²) >= 11 is 1.21. The van der Waals surface area contributed by atoms with Crippen LogP contribution >= 0.6 is 11.3 Å². The Morgan fingerprint density at radius 3 is 2.45 bits per heavy atom. The summed E-state index contributed by atoms with van der Waals surface area (Å²) in [5.41, 5.74) is 4.49. The first kappa shape index (κ1) is 44.8. The zero-order valence-electron chi connectivity index (χ0n) is 36.7. The number of anilines is 3. The third-order valence-electron chi connectivity index (χ3n) is 13.7. The lowest BCUT2D eigenvalue weighted by Crippen LogP contribution is -2.54. The van der Waals surface area contributed by atoms with Gasteiger partial charge in [0.1, 0.15) is 23.7 Å². The van der Waals surface area contributed by atoms with Crippen LogP contribution in [-0.4, -0.2) is 123 Å². The summed E-state index contributed by atoms with van der Waals surface area (Å²) in [6.45, 7) is 5.90. The number of carbonyl (C=O) groups excluding carboxylic acids is 6. The van der Waals surface area contributed by atoms with Gasteiger partial charge in [-0.25, -0.2) is 9.37 Å². The van der Waals surface area contributed by atoms with Crippen molar-refractivity contribution in [1.82, 2.24) is 29.9 Å². The lowest BCUT2D eigenvalue weighted by atomic mass is 10.0. The molecule has 5 aliphatic rings. The first-order valence-corrected chi connectivity index (χ1v) is 23.8. The van der Waals surface area contributed by atoms with E-state index >= 15 is 0 Å². The first-order valence-electron chi connectivity index (χ1n) is 22.9. The fraction of sp³-hybridized carbons (Fsp3) is 0.438. The van der Waals surface area contributed by atoms with E-state index in [9.17, 15) is 38.3 Å². The average molecular weight is 920 g/mol. The number of nitrogens with zero attached hydrogens (tertiary/aromatic N) is 6. The molecular weight excluding hydrogens is 866 g/mol. The summed E-state index contributed by atoms with van der Waals surface area (Å²) in [4.78, 5) is 91.9. The highest BCUT2D eigenvalue weighted by molar-refractivity contribution is 7.13. The number of fused-ring (bicyclic) bond motifs is 2. The number of hydrogen-bond donors (Lipinski definition) is 4. The number of piperazine rings is 1. The molecule has 3 saturated heterocycles. The van der Waals surface area contributed by atoms with Gasteiger partial charge in [0.25, 0.3) is 17.7 Å². The summed E-state index contributed by atoms with van der Waals surface area (Å²) < 4.78 is 14.4. The number of nitrogens with one attached hydrogen (secondary N) is 3. The number of aromatic hydroxyl groups is 1. The second kappa shape index (κ2) is 19.6. The molecule has 3 fully saturated rings. The third-order valence-corrected chi connectivity index (χ3v) is 14.3. The molecule has 18 heteroatoms. The molecule has 6 heterocycles. The molecule has 0 radical (unpaired) electrons. The molecule has 16 nitrogen and oxygen atoms in total. The predicted octanol–water partition coefficient (Wildman–Crippen LogP) is 5.26. The van der Waals surface area contributed by atoms with Crippen molar-refractivity contribution < 1.29 is 38.3 Å². The van der Waals surface area contributed by atoms with E-state index in [1.807, 2.05) is 35.2 Å². The largest absolute Gasteiger partial charge is 0.508 e. The quantitative estimate of drug-likeness (QED) is 0.0901. The molecular formula is C48H54FN9O7S. The Labute approximate surface area is 386 Å². The highest BCUT2D eigenvalue weighted by Crippen LogP contribution is 2.38. The molecule has 3 aromatic carbocycles. The minimum atomic E-state index is -1.29. The molecule has 6 amide bonds. The molecule has 2 atom stereocenters. The van der Waals surface area contributed by atoms with Gasteiger partial charge in [-0.05, 0) is 80.1 Å². The summed E-state index contributed by atoms with van der Waals surface area (Å²) in [7, 11) is 0. The number of unbranched alkanes of at least 4 members (excludes halogenated alkanes) is 3. The average Bonchev–Trinajstić information content (AvgIpc) is 4.05. The van der Waals surface area contributed by atoms with Crippen LogP contribution in [0.5, 0.6) is 5.75 Å². The lowest BCUT2D eigenvalue weighted by Gasteiger charge is -2.43. The monoisotopic (exact) mass is 919 g/mol. The van der Waals surface area contributed by atoms with Crippen LogP contribution in [0.15, 0.2) is 66.2 Å². The fourth-order valence-corrected chi connectivity index (χ4v) is 10.6. The topological polar surface area (TPSA) is 188 Å². The number of phenolic OH excluding ortho intramolecular Hbond substituents is 1. The molecule has 5 aliphatic heterocycles. The second-order valence-corrected chi connectivity index (χ2v) is 18.6. The van der Waals surface area contributed by atoms with Gasteiger partial charge in [0, 0.05) is 123 Å². The maximum atomic E-state index is 14.4. The van der Waals surface area contributed by atoms with Gasteiger partial charge >= 0.3 is 0 Å². The number of thiazole rings is 1. The first-order chi connectivity index (χ1) is 32.0. The molecule has 66 heavy (non-hydrogen) atoms. The van der Waals surface area contributed by atoms with Gasteiger partial charge in [0.05, 0.1) is 0 Å². The van der Waals surface area contributed by atoms with Crippen LogP contribution in [0.2, 0.25) is 0 Å². The molecule has 0 spiro atoms. The normalized spacial score (nSPS) is 19.5. The SMILES string of the molecule is O=C1CCC(N2Cc3c(NCCCCCCC(=O)N4CCN(C5CCN(c6ccc7c(c6)C(=O)N(C(C(=O)Nc6nccs6)c6cc(F)ccc6O)C7)CC5)CC4)cccc3C2=O)C(=O)N1. The number of piperidine rings is 2. The van der Waals surface area contributed by atoms with E-state index in [2.05, 4.69) is 30.7 Å². The van der Waals surface area contributed by atoms with Gasteiger partial charge in [-0.2, -0.15) is 0 Å². The number of rotatable bonds is 15. The summed E-state index contributed by atoms with van der Waals surface area (Å²) in [6.07, 6.45) is 8.19. The number of carbonyl (C=O) groups is 6. The van der Waals surface area contributed by atoms with Crippen LogP contribution in [0, 0.1) is 5.82 Å². The second-order valence-electron chi connectivity index (χ2n) is 17.7. The van der Waals surface area contributed by atoms with Gasteiger partial charge in [-0.3, -0.25) is 44.3 Å². The molecule has 0 aliphatic carbocycles. The Balaban J connectivity index is 0.690. The highest BCUT2D eigenvalue weighted by Gasteiger charge is 2.41. The van der Waals surface area contributed by atoms with E-state index in [1.165, 1.54) is 22.3 Å². The Morgan fingerprint density at radius 1 is 0.879 bits per heavy atom.